The topological polar surface area (TPSA) is 3.24 Å². The van der Waals surface area contributed by atoms with Gasteiger partial charge in [-0.3, -0.25) is 4.90 Å². The lowest BCUT2D eigenvalue weighted by molar-refractivity contribution is 0.127. The second-order valence-electron chi connectivity index (χ2n) is 4.33. The van der Waals surface area contributed by atoms with Gasteiger partial charge in [-0.25, -0.2) is 0 Å². The van der Waals surface area contributed by atoms with Crippen molar-refractivity contribution in [2.45, 2.75) is 45.6 Å². The molecule has 0 N–H and O–H groups in total. The first kappa shape index (κ1) is 10.8. The molecule has 0 aromatic rings. The van der Waals surface area contributed by atoms with E-state index in [1.54, 1.807) is 0 Å². The summed E-state index contributed by atoms with van der Waals surface area (Å²) in [4.78, 5) is 2.65. The van der Waals surface area contributed by atoms with Gasteiger partial charge in [-0.2, -0.15) is 0 Å². The van der Waals surface area contributed by atoms with Crippen LogP contribution < -0.4 is 0 Å². The number of hydrogen-bond acceptors (Lipinski definition) is 1. The summed E-state index contributed by atoms with van der Waals surface area (Å²) in [5.74, 6) is 0.896. The molecule has 2 unspecified atom stereocenters. The molecule has 1 heteroatoms. The van der Waals surface area contributed by atoms with E-state index in [1.807, 2.05) is 0 Å². The molecule has 1 fully saturated rings. The summed E-state index contributed by atoms with van der Waals surface area (Å²) in [6.45, 7) is 11.1. The van der Waals surface area contributed by atoms with Gasteiger partial charge < -0.3 is 0 Å². The van der Waals surface area contributed by atoms with Crippen LogP contribution in [0.4, 0.5) is 0 Å². The van der Waals surface area contributed by atoms with Crippen LogP contribution in [-0.4, -0.2) is 24.0 Å². The number of nitrogens with zero attached hydrogens (tertiary/aromatic N) is 1. The molecule has 76 valence electrons. The van der Waals surface area contributed by atoms with Crippen LogP contribution in [0.3, 0.4) is 0 Å². The summed E-state index contributed by atoms with van der Waals surface area (Å²) in [5.41, 5.74) is 0. The molecular formula is C12H23N. The molecule has 0 aromatic heterocycles. The number of likely N-dealkylation sites (tertiary alicyclic amines) is 1. The van der Waals surface area contributed by atoms with Gasteiger partial charge in [0.05, 0.1) is 0 Å². The zero-order chi connectivity index (χ0) is 9.68. The Kier molecular flexibility index (Phi) is 4.51. The highest BCUT2D eigenvalue weighted by Crippen LogP contribution is 2.20. The summed E-state index contributed by atoms with van der Waals surface area (Å²) in [7, 11) is 0. The smallest absolute Gasteiger partial charge is 0.0127 e. The summed E-state index contributed by atoms with van der Waals surface area (Å²) < 4.78 is 0. The highest BCUT2D eigenvalue weighted by atomic mass is 15.2. The van der Waals surface area contributed by atoms with E-state index in [0.29, 0.717) is 0 Å². The highest BCUT2D eigenvalue weighted by Gasteiger charge is 2.21. The van der Waals surface area contributed by atoms with Crippen molar-refractivity contribution in [2.24, 2.45) is 5.92 Å². The van der Waals surface area contributed by atoms with Crippen LogP contribution in [0.15, 0.2) is 12.7 Å². The Morgan fingerprint density at radius 3 is 2.92 bits per heavy atom. The highest BCUT2D eigenvalue weighted by molar-refractivity contribution is 4.82. The van der Waals surface area contributed by atoms with Gasteiger partial charge in [0.15, 0.2) is 0 Å². The summed E-state index contributed by atoms with van der Waals surface area (Å²) in [6.07, 6.45) is 7.28. The monoisotopic (exact) mass is 181 g/mol. The van der Waals surface area contributed by atoms with Gasteiger partial charge in [-0.1, -0.05) is 19.9 Å². The Morgan fingerprint density at radius 2 is 2.38 bits per heavy atom. The fraction of sp³-hybridized carbons (Fsp3) is 0.833. The summed E-state index contributed by atoms with van der Waals surface area (Å²) in [5, 5.41) is 0. The molecular weight excluding hydrogens is 158 g/mol. The lowest BCUT2D eigenvalue weighted by Crippen LogP contribution is -2.41. The van der Waals surface area contributed by atoms with Crippen molar-refractivity contribution < 1.29 is 0 Å². The molecule has 0 aliphatic carbocycles. The number of piperidine rings is 1. The van der Waals surface area contributed by atoms with Gasteiger partial charge in [-0.15, -0.1) is 6.58 Å². The molecule has 0 amide bonds. The maximum absolute atomic E-state index is 3.84. The standard InChI is InChI=1S/C12H23N/c1-4-7-12(5-2)13-9-6-8-11(3)10-13/h4,11-12H,1,5-10H2,2-3H3. The van der Waals surface area contributed by atoms with Gasteiger partial charge in [0.1, 0.15) is 0 Å². The summed E-state index contributed by atoms with van der Waals surface area (Å²) in [6, 6.07) is 0.750. The Bertz CT molecular complexity index is 153. The molecule has 1 saturated heterocycles. The molecule has 0 spiro atoms. The maximum Gasteiger partial charge on any atom is 0.0127 e. The van der Waals surface area contributed by atoms with Gasteiger partial charge in [-0.05, 0) is 38.1 Å². The predicted octanol–water partition coefficient (Wildman–Crippen LogP) is 3.07. The lowest BCUT2D eigenvalue weighted by Gasteiger charge is -2.36. The third kappa shape index (κ3) is 3.15. The van der Waals surface area contributed by atoms with Crippen molar-refractivity contribution in [1.29, 1.82) is 0 Å². The normalized spacial score (nSPS) is 27.1. The molecule has 0 bridgehead atoms. The quantitative estimate of drug-likeness (QED) is 0.602. The average molecular weight is 181 g/mol. The van der Waals surface area contributed by atoms with Gasteiger partial charge in [0, 0.05) is 12.6 Å². The molecule has 1 rings (SSSR count). The first-order valence-electron chi connectivity index (χ1n) is 5.62. The van der Waals surface area contributed by atoms with Gasteiger partial charge in [0.2, 0.25) is 0 Å². The van der Waals surface area contributed by atoms with E-state index >= 15 is 0 Å². The average Bonchev–Trinajstić information content (AvgIpc) is 2.14. The SMILES string of the molecule is C=CCC(CC)N1CCCC(C)C1. The van der Waals surface area contributed by atoms with E-state index in [-0.39, 0.29) is 0 Å². The maximum atomic E-state index is 3.84. The van der Waals surface area contributed by atoms with E-state index in [0.717, 1.165) is 18.4 Å². The molecule has 0 aromatic carbocycles. The zero-order valence-electron chi connectivity index (χ0n) is 9.13. The van der Waals surface area contributed by atoms with E-state index in [9.17, 15) is 0 Å². The van der Waals surface area contributed by atoms with Crippen molar-refractivity contribution in [1.82, 2.24) is 4.90 Å². The minimum Gasteiger partial charge on any atom is -0.300 e. The largest absolute Gasteiger partial charge is 0.300 e. The second-order valence-corrected chi connectivity index (χ2v) is 4.33. The molecule has 0 saturated carbocycles. The third-order valence-electron chi connectivity index (χ3n) is 3.11. The Hall–Kier alpha value is -0.300. The van der Waals surface area contributed by atoms with E-state index in [1.165, 1.54) is 32.4 Å². The minimum absolute atomic E-state index is 0.750. The fourth-order valence-electron chi connectivity index (χ4n) is 2.32. The van der Waals surface area contributed by atoms with Crippen LogP contribution in [0, 0.1) is 5.92 Å². The molecule has 0 radical (unpaired) electrons. The molecule has 1 aliphatic heterocycles. The Balaban J connectivity index is 2.42. The van der Waals surface area contributed by atoms with Gasteiger partial charge >= 0.3 is 0 Å². The van der Waals surface area contributed by atoms with Crippen LogP contribution >= 0.6 is 0 Å². The van der Waals surface area contributed by atoms with Crippen molar-refractivity contribution in [3.63, 3.8) is 0 Å². The van der Waals surface area contributed by atoms with Crippen LogP contribution in [0.25, 0.3) is 0 Å². The predicted molar refractivity (Wildman–Crippen MR) is 58.9 cm³/mol. The number of rotatable bonds is 4. The van der Waals surface area contributed by atoms with E-state index in [2.05, 4.69) is 31.4 Å². The molecule has 13 heavy (non-hydrogen) atoms. The molecule has 2 atom stereocenters. The van der Waals surface area contributed by atoms with Gasteiger partial charge in [0.25, 0.3) is 0 Å². The number of hydrogen-bond donors (Lipinski definition) is 0. The zero-order valence-corrected chi connectivity index (χ0v) is 9.13. The van der Waals surface area contributed by atoms with Crippen LogP contribution in [0.2, 0.25) is 0 Å². The van der Waals surface area contributed by atoms with Crippen LogP contribution in [0.1, 0.15) is 39.5 Å². The van der Waals surface area contributed by atoms with E-state index in [4.69, 9.17) is 0 Å². The van der Waals surface area contributed by atoms with E-state index < -0.39 is 0 Å². The lowest BCUT2D eigenvalue weighted by atomic mass is 9.97. The minimum atomic E-state index is 0.750. The summed E-state index contributed by atoms with van der Waals surface area (Å²) >= 11 is 0. The Morgan fingerprint density at radius 1 is 1.62 bits per heavy atom. The fourth-order valence-corrected chi connectivity index (χ4v) is 2.32. The van der Waals surface area contributed by atoms with Crippen molar-refractivity contribution in [3.05, 3.63) is 12.7 Å². The van der Waals surface area contributed by atoms with Crippen molar-refractivity contribution >= 4 is 0 Å². The molecule has 1 heterocycles. The Labute approximate surface area is 82.8 Å². The third-order valence-corrected chi connectivity index (χ3v) is 3.11. The van der Waals surface area contributed by atoms with Crippen molar-refractivity contribution in [2.75, 3.05) is 13.1 Å². The first-order valence-corrected chi connectivity index (χ1v) is 5.62. The molecule has 1 aliphatic rings. The van der Waals surface area contributed by atoms with Crippen LogP contribution in [0.5, 0.6) is 0 Å². The van der Waals surface area contributed by atoms with Crippen molar-refractivity contribution in [3.8, 4) is 0 Å². The first-order chi connectivity index (χ1) is 6.27. The second kappa shape index (κ2) is 5.43. The molecule has 1 nitrogen and oxygen atoms in total. The van der Waals surface area contributed by atoms with Crippen LogP contribution in [-0.2, 0) is 0 Å².